The molecule has 5 heteroatoms. The van der Waals surface area contributed by atoms with Gasteiger partial charge in [0.1, 0.15) is 0 Å². The molecule has 0 atom stereocenters. The third-order valence-corrected chi connectivity index (χ3v) is 2.01. The van der Waals surface area contributed by atoms with Gasteiger partial charge in [-0.3, -0.25) is 0 Å². The van der Waals surface area contributed by atoms with Gasteiger partial charge in [0.05, 0.1) is 0 Å². The maximum Gasteiger partial charge on any atom is 3.00 e. The molecule has 0 bridgehead atoms. The average Bonchev–Trinajstić information content (AvgIpc) is 2.44. The van der Waals surface area contributed by atoms with E-state index in [1.165, 1.54) is 0 Å². The van der Waals surface area contributed by atoms with E-state index in [0.29, 0.717) is 6.61 Å². The summed E-state index contributed by atoms with van der Waals surface area (Å²) in [5.41, 5.74) is 0. The van der Waals surface area contributed by atoms with Crippen LogP contribution in [-0.2, 0) is 21.7 Å². The topological polar surface area (TPSA) is 89.4 Å². The van der Waals surface area contributed by atoms with E-state index in [9.17, 15) is 15.3 Å². The van der Waals surface area contributed by atoms with Crippen LogP contribution >= 0.6 is 0 Å². The second-order valence-corrected chi connectivity index (χ2v) is 4.25. The molecule has 1 N–H and O–H groups in total. The summed E-state index contributed by atoms with van der Waals surface area (Å²) in [4.78, 5) is 0. The monoisotopic (exact) mass is 341 g/mol. The van der Waals surface area contributed by atoms with Crippen molar-refractivity contribution in [3.63, 3.8) is 0 Å². The van der Waals surface area contributed by atoms with E-state index in [4.69, 9.17) is 5.11 Å². The smallest absolute Gasteiger partial charge is 0.854 e. The molecular formula is C16H37O4Ti. The summed E-state index contributed by atoms with van der Waals surface area (Å²) in [5, 5.41) is 36.7. The van der Waals surface area contributed by atoms with Crippen LogP contribution in [0.3, 0.4) is 0 Å². The van der Waals surface area contributed by atoms with E-state index in [1.54, 1.807) is 0 Å². The van der Waals surface area contributed by atoms with Gasteiger partial charge in [0.15, 0.2) is 0 Å². The molecule has 0 aliphatic rings. The van der Waals surface area contributed by atoms with Crippen molar-refractivity contribution in [2.45, 2.75) is 79.1 Å². The Bertz CT molecular complexity index is 74.3. The van der Waals surface area contributed by atoms with Gasteiger partial charge in [-0.1, -0.05) is 72.6 Å². The van der Waals surface area contributed by atoms with Crippen molar-refractivity contribution >= 4 is 0 Å². The normalized spacial score (nSPS) is 8.00. The Kier molecular flexibility index (Phi) is 78.9. The van der Waals surface area contributed by atoms with E-state index in [-0.39, 0.29) is 41.5 Å². The van der Waals surface area contributed by atoms with Gasteiger partial charge in [0.2, 0.25) is 0 Å². The Morgan fingerprint density at radius 1 is 0.571 bits per heavy atom. The van der Waals surface area contributed by atoms with E-state index in [0.717, 1.165) is 51.4 Å². The van der Waals surface area contributed by atoms with Crippen molar-refractivity contribution in [1.29, 1.82) is 0 Å². The summed E-state index contributed by atoms with van der Waals surface area (Å²) in [5.74, 6) is 0. The second kappa shape index (κ2) is 49.9. The fourth-order valence-corrected chi connectivity index (χ4v) is 0.591. The Balaban J connectivity index is -0.0000000533. The molecule has 21 heavy (non-hydrogen) atoms. The number of rotatable bonds is 8. The van der Waals surface area contributed by atoms with Gasteiger partial charge in [-0.25, -0.2) is 0 Å². The molecule has 129 valence electrons. The summed E-state index contributed by atoms with van der Waals surface area (Å²) in [7, 11) is 0. The first-order chi connectivity index (χ1) is 9.66. The Morgan fingerprint density at radius 3 is 0.810 bits per heavy atom. The molecule has 0 heterocycles. The quantitative estimate of drug-likeness (QED) is 0.672. The first-order valence-electron chi connectivity index (χ1n) is 8.01. The van der Waals surface area contributed by atoms with Crippen LogP contribution in [0.2, 0.25) is 0 Å². The predicted molar refractivity (Wildman–Crippen MR) is 81.3 cm³/mol. The van der Waals surface area contributed by atoms with Crippen LogP contribution in [0.4, 0.5) is 0 Å². The van der Waals surface area contributed by atoms with Crippen LogP contribution in [-0.4, -0.2) is 31.5 Å². The molecule has 0 fully saturated rings. The van der Waals surface area contributed by atoms with Crippen LogP contribution in [0.5, 0.6) is 0 Å². The minimum Gasteiger partial charge on any atom is -0.854 e. The molecule has 0 aliphatic heterocycles. The number of unbranched alkanes of at least 4 members (excludes halogenated alkanes) is 4. The number of hydrogen-bond acceptors (Lipinski definition) is 4. The maximum absolute atomic E-state index is 9.53. The molecule has 0 rings (SSSR count). The molecule has 0 spiro atoms. The van der Waals surface area contributed by atoms with E-state index in [1.807, 2.05) is 20.8 Å². The first-order valence-corrected chi connectivity index (χ1v) is 8.01. The second-order valence-electron chi connectivity index (χ2n) is 4.25. The zero-order chi connectivity index (χ0) is 16.5. The summed E-state index contributed by atoms with van der Waals surface area (Å²) in [6.45, 7) is 8.71. The van der Waals surface area contributed by atoms with E-state index in [2.05, 4.69) is 6.92 Å². The van der Waals surface area contributed by atoms with Crippen molar-refractivity contribution in [2.75, 3.05) is 26.4 Å². The minimum atomic E-state index is 0. The molecule has 0 amide bonds. The number of aliphatic hydroxyl groups excluding tert-OH is 1. The summed E-state index contributed by atoms with van der Waals surface area (Å²) < 4.78 is 0. The van der Waals surface area contributed by atoms with Crippen molar-refractivity contribution in [2.24, 2.45) is 0 Å². The van der Waals surface area contributed by atoms with Gasteiger partial charge in [-0.2, -0.15) is 0 Å². The fraction of sp³-hybridized carbons (Fsp3) is 1.00. The zero-order valence-corrected chi connectivity index (χ0v) is 16.2. The molecule has 0 saturated carbocycles. The van der Waals surface area contributed by atoms with Crippen molar-refractivity contribution in [3.05, 3.63) is 0 Å². The molecule has 1 radical (unpaired) electrons. The Hall–Kier alpha value is 0.554. The summed E-state index contributed by atoms with van der Waals surface area (Å²) in [6, 6.07) is 0. The van der Waals surface area contributed by atoms with Gasteiger partial charge in [0.25, 0.3) is 0 Å². The van der Waals surface area contributed by atoms with E-state index >= 15 is 0 Å². The van der Waals surface area contributed by atoms with Crippen molar-refractivity contribution in [3.8, 4) is 0 Å². The van der Waals surface area contributed by atoms with Crippen LogP contribution in [0.15, 0.2) is 0 Å². The van der Waals surface area contributed by atoms with Crippen LogP contribution in [0, 0.1) is 0 Å². The number of hydrogen-bond donors (Lipinski definition) is 1. The molecule has 0 aromatic carbocycles. The Labute approximate surface area is 147 Å². The van der Waals surface area contributed by atoms with Gasteiger partial charge in [-0.15, -0.1) is 19.8 Å². The molecule has 0 aliphatic carbocycles. The molecule has 0 saturated heterocycles. The van der Waals surface area contributed by atoms with Crippen LogP contribution < -0.4 is 15.3 Å². The molecule has 0 unspecified atom stereocenters. The Morgan fingerprint density at radius 2 is 0.810 bits per heavy atom. The fourth-order valence-electron chi connectivity index (χ4n) is 0.591. The zero-order valence-electron chi connectivity index (χ0n) is 14.7. The van der Waals surface area contributed by atoms with Crippen LogP contribution in [0.25, 0.3) is 0 Å². The summed E-state index contributed by atoms with van der Waals surface area (Å²) in [6.07, 6.45) is 7.63. The van der Waals surface area contributed by atoms with E-state index < -0.39 is 0 Å². The van der Waals surface area contributed by atoms with Gasteiger partial charge in [-0.05, 0) is 6.42 Å². The molecule has 0 aromatic heterocycles. The van der Waals surface area contributed by atoms with Gasteiger partial charge in [0, 0.05) is 6.61 Å². The van der Waals surface area contributed by atoms with Crippen molar-refractivity contribution < 1.29 is 42.1 Å². The predicted octanol–water partition coefficient (Wildman–Crippen LogP) is 1.22. The summed E-state index contributed by atoms with van der Waals surface area (Å²) >= 11 is 0. The first kappa shape index (κ1) is 33.2. The van der Waals surface area contributed by atoms with Gasteiger partial charge >= 0.3 is 21.7 Å². The molecule has 0 aromatic rings. The largest absolute Gasteiger partial charge is 3.00 e. The van der Waals surface area contributed by atoms with Gasteiger partial charge < -0.3 is 20.4 Å². The number of aliphatic hydroxyl groups is 1. The maximum atomic E-state index is 9.53. The van der Waals surface area contributed by atoms with Crippen LogP contribution in [0.1, 0.15) is 79.1 Å². The average molecular weight is 341 g/mol. The third-order valence-electron chi connectivity index (χ3n) is 2.01. The third kappa shape index (κ3) is 96.7. The standard InChI is InChI=1S/C4H10O.3C4H9O.Ti/c4*1-2-3-4-5;/h5H,2-4H2,1H3;3*2-4H2,1H3;/q;3*-1;+3. The van der Waals surface area contributed by atoms with Crippen molar-refractivity contribution in [1.82, 2.24) is 0 Å². The molecular weight excluding hydrogens is 304 g/mol. The SMILES string of the molecule is CCCCO.CCCC[O-].CCCC[O-].CCCC[O-].[Ti+3]. The minimum absolute atomic E-state index is 0. The molecule has 4 nitrogen and oxygen atoms in total.